The Bertz CT molecular complexity index is 972. The third-order valence-electron chi connectivity index (χ3n) is 4.97. The van der Waals surface area contributed by atoms with Crippen LogP contribution in [0.5, 0.6) is 0 Å². The van der Waals surface area contributed by atoms with Crippen LogP contribution < -0.4 is 4.90 Å². The molecule has 9 heteroatoms. The molecule has 1 saturated heterocycles. The van der Waals surface area contributed by atoms with E-state index in [9.17, 15) is 13.2 Å². The number of rotatable bonds is 4. The summed E-state index contributed by atoms with van der Waals surface area (Å²) in [5.41, 5.74) is 0.718. The molecule has 1 aliphatic heterocycles. The smallest absolute Gasteiger partial charge is 0.378 e. The molecule has 0 aliphatic carbocycles. The van der Waals surface area contributed by atoms with Crippen molar-refractivity contribution in [3.8, 4) is 0 Å². The van der Waals surface area contributed by atoms with Crippen LogP contribution >= 0.6 is 0 Å². The topological polar surface area (TPSA) is 55.6 Å². The van der Waals surface area contributed by atoms with Crippen LogP contribution in [0.25, 0.3) is 5.78 Å². The molecular weight excluding hydrogens is 371 g/mol. The number of hydrogen-bond acceptors (Lipinski definition) is 5. The average Bonchev–Trinajstić information content (AvgIpc) is 3.16. The first kappa shape index (κ1) is 18.7. The highest BCUT2D eigenvalue weighted by Gasteiger charge is 2.33. The summed E-state index contributed by atoms with van der Waals surface area (Å²) >= 11 is 0. The quantitative estimate of drug-likeness (QED) is 0.672. The van der Waals surface area contributed by atoms with Crippen LogP contribution in [0, 0.1) is 0 Å². The molecule has 0 radical (unpaired) electrons. The maximum atomic E-state index is 13.2. The lowest BCUT2D eigenvalue weighted by Crippen LogP contribution is -2.35. The minimum absolute atomic E-state index is 0.179. The monoisotopic (exact) mass is 391 g/mol. The van der Waals surface area contributed by atoms with Crippen molar-refractivity contribution in [1.29, 1.82) is 0 Å². The Labute approximate surface area is 160 Å². The molecule has 3 heterocycles. The summed E-state index contributed by atoms with van der Waals surface area (Å²) in [6, 6.07) is 7.28. The third kappa shape index (κ3) is 3.54. The predicted octanol–water partition coefficient (Wildman–Crippen LogP) is 4.02. The number of aromatic nitrogens is 4. The van der Waals surface area contributed by atoms with E-state index in [1.165, 1.54) is 18.5 Å². The minimum Gasteiger partial charge on any atom is -0.378 e. The molecule has 1 fully saturated rings. The second-order valence-electron chi connectivity index (χ2n) is 6.84. The number of fused-ring (bicyclic) bond motifs is 1. The van der Waals surface area contributed by atoms with Gasteiger partial charge < -0.3 is 9.64 Å². The average molecular weight is 391 g/mol. The van der Waals surface area contributed by atoms with E-state index in [-0.39, 0.29) is 6.04 Å². The van der Waals surface area contributed by atoms with Gasteiger partial charge in [0.25, 0.3) is 5.78 Å². The fourth-order valence-corrected chi connectivity index (χ4v) is 3.75. The van der Waals surface area contributed by atoms with Gasteiger partial charge in [0.05, 0.1) is 23.9 Å². The van der Waals surface area contributed by atoms with Crippen LogP contribution in [0.1, 0.15) is 42.1 Å². The molecule has 4 rings (SSSR count). The second-order valence-corrected chi connectivity index (χ2v) is 6.84. The van der Waals surface area contributed by atoms with Gasteiger partial charge in [-0.25, -0.2) is 4.98 Å². The summed E-state index contributed by atoms with van der Waals surface area (Å²) in [6.07, 6.45) is -0.274. The summed E-state index contributed by atoms with van der Waals surface area (Å²) < 4.78 is 46.4. The van der Waals surface area contributed by atoms with Gasteiger partial charge in [-0.1, -0.05) is 12.1 Å². The molecule has 0 spiro atoms. The number of nitrogens with zero attached hydrogens (tertiary/aromatic N) is 5. The van der Waals surface area contributed by atoms with Gasteiger partial charge in [0.1, 0.15) is 12.1 Å². The molecule has 0 bridgehead atoms. The van der Waals surface area contributed by atoms with Gasteiger partial charge >= 0.3 is 6.18 Å². The summed E-state index contributed by atoms with van der Waals surface area (Å²) in [5.74, 6) is 1.20. The summed E-state index contributed by atoms with van der Waals surface area (Å²) in [7, 11) is 1.59. The molecule has 148 valence electrons. The first-order valence-electron chi connectivity index (χ1n) is 9.10. The number of hydrogen-bond donors (Lipinski definition) is 0. The largest absolute Gasteiger partial charge is 0.416 e. The van der Waals surface area contributed by atoms with Gasteiger partial charge in [-0.05, 0) is 37.0 Å². The highest BCUT2D eigenvalue weighted by atomic mass is 19.4. The molecule has 2 aromatic heterocycles. The zero-order valence-electron chi connectivity index (χ0n) is 15.4. The van der Waals surface area contributed by atoms with E-state index in [4.69, 9.17) is 4.74 Å². The Morgan fingerprint density at radius 1 is 1.21 bits per heavy atom. The molecule has 0 saturated carbocycles. The minimum atomic E-state index is -4.36. The van der Waals surface area contributed by atoms with Crippen molar-refractivity contribution in [2.75, 3.05) is 18.6 Å². The zero-order valence-corrected chi connectivity index (χ0v) is 15.4. The van der Waals surface area contributed by atoms with Crippen molar-refractivity contribution < 1.29 is 17.9 Å². The first-order chi connectivity index (χ1) is 13.5. The SMILES string of the molecule is COCc1cc(N2CCCCC2c2cccc(C(F)(F)F)c2)n2ncnc2n1. The maximum absolute atomic E-state index is 13.2. The lowest BCUT2D eigenvalue weighted by atomic mass is 9.94. The Balaban J connectivity index is 1.78. The van der Waals surface area contributed by atoms with Crippen LogP contribution in [-0.2, 0) is 17.5 Å². The van der Waals surface area contributed by atoms with Gasteiger partial charge in [-0.2, -0.15) is 27.8 Å². The van der Waals surface area contributed by atoms with E-state index in [0.29, 0.717) is 30.2 Å². The van der Waals surface area contributed by atoms with Crippen molar-refractivity contribution in [2.45, 2.75) is 38.1 Å². The zero-order chi connectivity index (χ0) is 19.7. The number of piperidine rings is 1. The van der Waals surface area contributed by atoms with E-state index in [2.05, 4.69) is 20.0 Å². The Hall–Kier alpha value is -2.68. The van der Waals surface area contributed by atoms with Crippen molar-refractivity contribution in [2.24, 2.45) is 0 Å². The lowest BCUT2D eigenvalue weighted by molar-refractivity contribution is -0.137. The molecule has 6 nitrogen and oxygen atoms in total. The van der Waals surface area contributed by atoms with Gasteiger partial charge in [-0.15, -0.1) is 0 Å². The van der Waals surface area contributed by atoms with E-state index < -0.39 is 11.7 Å². The van der Waals surface area contributed by atoms with Gasteiger partial charge in [0, 0.05) is 19.7 Å². The van der Waals surface area contributed by atoms with E-state index >= 15 is 0 Å². The van der Waals surface area contributed by atoms with Gasteiger partial charge in [0.2, 0.25) is 0 Å². The molecule has 1 aliphatic rings. The van der Waals surface area contributed by atoms with Crippen LogP contribution in [-0.4, -0.2) is 33.2 Å². The summed E-state index contributed by atoms with van der Waals surface area (Å²) in [6.45, 7) is 1.03. The Morgan fingerprint density at radius 3 is 2.86 bits per heavy atom. The predicted molar refractivity (Wildman–Crippen MR) is 96.9 cm³/mol. The van der Waals surface area contributed by atoms with E-state index in [0.717, 1.165) is 31.1 Å². The molecule has 1 unspecified atom stereocenters. The van der Waals surface area contributed by atoms with Crippen molar-refractivity contribution in [1.82, 2.24) is 19.6 Å². The fraction of sp³-hybridized carbons (Fsp3) is 0.421. The van der Waals surface area contributed by atoms with Crippen LogP contribution in [0.3, 0.4) is 0 Å². The second kappa shape index (κ2) is 7.38. The lowest BCUT2D eigenvalue weighted by Gasteiger charge is -2.38. The first-order valence-corrected chi connectivity index (χ1v) is 9.10. The van der Waals surface area contributed by atoms with E-state index in [1.807, 2.05) is 6.07 Å². The Morgan fingerprint density at radius 2 is 2.07 bits per heavy atom. The standard InChI is InChI=1S/C19H20F3N5O/c1-28-11-15-10-17(27-18(25-15)23-12-24-27)26-8-3-2-7-16(26)13-5-4-6-14(9-13)19(20,21)22/h4-6,9-10,12,16H,2-3,7-8,11H2,1H3. The number of benzene rings is 1. The third-order valence-corrected chi connectivity index (χ3v) is 4.97. The van der Waals surface area contributed by atoms with Gasteiger partial charge in [-0.3, -0.25) is 0 Å². The number of anilines is 1. The van der Waals surface area contributed by atoms with Crippen LogP contribution in [0.2, 0.25) is 0 Å². The number of ether oxygens (including phenoxy) is 1. The van der Waals surface area contributed by atoms with Crippen LogP contribution in [0.4, 0.5) is 19.0 Å². The molecule has 0 amide bonds. The van der Waals surface area contributed by atoms with E-state index in [1.54, 1.807) is 17.7 Å². The molecule has 1 aromatic carbocycles. The summed E-state index contributed by atoms with van der Waals surface area (Å²) in [5, 5.41) is 4.26. The van der Waals surface area contributed by atoms with Crippen molar-refractivity contribution in [3.05, 3.63) is 53.5 Å². The molecule has 1 atom stereocenters. The number of alkyl halides is 3. The Kier molecular flexibility index (Phi) is 4.92. The maximum Gasteiger partial charge on any atom is 0.416 e. The molecular formula is C19H20F3N5O. The van der Waals surface area contributed by atoms with Crippen molar-refractivity contribution >= 4 is 11.6 Å². The van der Waals surface area contributed by atoms with Gasteiger partial charge in [0.15, 0.2) is 0 Å². The normalized spacial score (nSPS) is 18.0. The highest BCUT2D eigenvalue weighted by Crippen LogP contribution is 2.37. The van der Waals surface area contributed by atoms with Crippen molar-refractivity contribution in [3.63, 3.8) is 0 Å². The molecule has 0 N–H and O–H groups in total. The highest BCUT2D eigenvalue weighted by molar-refractivity contribution is 5.50. The number of methoxy groups -OCH3 is 1. The fourth-order valence-electron chi connectivity index (χ4n) is 3.75. The summed E-state index contributed by atoms with van der Waals surface area (Å²) in [4.78, 5) is 10.7. The van der Waals surface area contributed by atoms with Crippen LogP contribution in [0.15, 0.2) is 36.7 Å². The molecule has 3 aromatic rings. The molecule has 28 heavy (non-hydrogen) atoms. The number of halogens is 3.